The zero-order chi connectivity index (χ0) is 30.4. The van der Waals surface area contributed by atoms with Crippen LogP contribution < -0.4 is 10.8 Å². The van der Waals surface area contributed by atoms with E-state index in [9.17, 15) is 14.4 Å². The fourth-order valence-electron chi connectivity index (χ4n) is 5.91. The molecule has 0 saturated carbocycles. The molecule has 11 heteroatoms. The largest absolute Gasteiger partial charge is 0.462 e. The lowest BCUT2D eigenvalue weighted by molar-refractivity contribution is -0.160. The van der Waals surface area contributed by atoms with Gasteiger partial charge >= 0.3 is 12.1 Å². The Bertz CT molecular complexity index is 991. The van der Waals surface area contributed by atoms with Gasteiger partial charge in [-0.15, -0.1) is 0 Å². The van der Waals surface area contributed by atoms with E-state index in [1.807, 2.05) is 0 Å². The number of amides is 2. The molecule has 1 aliphatic heterocycles. The van der Waals surface area contributed by atoms with E-state index in [0.717, 1.165) is 19.3 Å². The van der Waals surface area contributed by atoms with Gasteiger partial charge in [-0.05, 0) is 60.7 Å². The molecule has 3 rings (SSSR count). The van der Waals surface area contributed by atoms with Crippen molar-refractivity contribution in [3.63, 3.8) is 0 Å². The van der Waals surface area contributed by atoms with Crippen molar-refractivity contribution in [3.05, 3.63) is 23.8 Å². The van der Waals surface area contributed by atoms with Gasteiger partial charge in [-0.1, -0.05) is 52.8 Å². The Morgan fingerprint density at radius 3 is 2.59 bits per heavy atom. The van der Waals surface area contributed by atoms with Crippen LogP contribution in [0, 0.1) is 23.7 Å². The number of hydrogen-bond donors (Lipinski definition) is 3. The van der Waals surface area contributed by atoms with Gasteiger partial charge in [-0.2, -0.15) is 0 Å². The highest BCUT2D eigenvalue weighted by Crippen LogP contribution is 2.45. The minimum absolute atomic E-state index is 0.0556. The molecule has 0 spiro atoms. The number of hydroxylamine groups is 1. The summed E-state index contributed by atoms with van der Waals surface area (Å²) in [7, 11) is -2.01. The van der Waals surface area contributed by atoms with Crippen LogP contribution in [0.5, 0.6) is 0 Å². The van der Waals surface area contributed by atoms with Crippen molar-refractivity contribution in [2.45, 2.75) is 103 Å². The molecule has 1 fully saturated rings. The Morgan fingerprint density at radius 2 is 1.90 bits per heavy atom. The van der Waals surface area contributed by atoms with Crippen molar-refractivity contribution in [3.8, 4) is 0 Å². The molecule has 0 unspecified atom stereocenters. The van der Waals surface area contributed by atoms with Crippen LogP contribution >= 0.6 is 0 Å². The van der Waals surface area contributed by atoms with Crippen molar-refractivity contribution < 1.29 is 38.2 Å². The Morgan fingerprint density at radius 1 is 1.17 bits per heavy atom. The van der Waals surface area contributed by atoms with E-state index in [2.05, 4.69) is 71.3 Å². The average molecular weight is 595 g/mol. The third-order valence-corrected chi connectivity index (χ3v) is 13.6. The first-order valence-electron chi connectivity index (χ1n) is 14.9. The van der Waals surface area contributed by atoms with Crippen molar-refractivity contribution >= 4 is 26.3 Å². The highest BCUT2D eigenvalue weighted by molar-refractivity contribution is 6.74. The number of esters is 1. The maximum absolute atomic E-state index is 12.7. The van der Waals surface area contributed by atoms with E-state index in [1.165, 1.54) is 11.1 Å². The standard InChI is InChI=1S/C30H50N2O8Si/c1-19-14-21-9-8-20(2)24(28(21)25(15-19)39-29(35)31-12-13-37-18-26(33)32-36)11-10-22-16-23(17-27(34)38-22)40-41(6,7)30(3,4)5/h8-9,14,19-20,22-25,28,36H,10-13,15-18H2,1-7H3,(H,31,35)(H,32,33)/t19-,20-,22+,23+,24-,25-,28-/m0/s1. The number of ether oxygens (including phenoxy) is 3. The molecule has 1 heterocycles. The van der Waals surface area contributed by atoms with Crippen molar-refractivity contribution in [2.75, 3.05) is 19.8 Å². The van der Waals surface area contributed by atoms with Gasteiger partial charge in [0.15, 0.2) is 8.32 Å². The molecule has 3 N–H and O–H groups in total. The molecular weight excluding hydrogens is 544 g/mol. The first-order valence-corrected chi connectivity index (χ1v) is 17.8. The van der Waals surface area contributed by atoms with Gasteiger partial charge in [0, 0.05) is 18.9 Å². The van der Waals surface area contributed by atoms with Crippen molar-refractivity contribution in [1.82, 2.24) is 10.8 Å². The third-order valence-electron chi connectivity index (χ3n) is 9.04. The topological polar surface area (TPSA) is 132 Å². The summed E-state index contributed by atoms with van der Waals surface area (Å²) in [5.74, 6) is -0.00464. The normalized spacial score (nSPS) is 30.1. The van der Waals surface area contributed by atoms with Crippen LogP contribution in [0.15, 0.2) is 23.8 Å². The highest BCUT2D eigenvalue weighted by atomic mass is 28.4. The van der Waals surface area contributed by atoms with Crippen molar-refractivity contribution in [2.24, 2.45) is 23.7 Å². The van der Waals surface area contributed by atoms with Crippen LogP contribution in [0.1, 0.15) is 66.7 Å². The first-order chi connectivity index (χ1) is 19.2. The molecule has 0 aromatic carbocycles. The Balaban J connectivity index is 1.61. The molecule has 10 nitrogen and oxygen atoms in total. The molecule has 7 atom stereocenters. The number of cyclic esters (lactones) is 1. The van der Waals surface area contributed by atoms with E-state index in [-0.39, 0.29) is 72.7 Å². The summed E-state index contributed by atoms with van der Waals surface area (Å²) in [6.45, 7) is 15.4. The summed E-state index contributed by atoms with van der Waals surface area (Å²) in [6.07, 6.45) is 8.91. The Kier molecular flexibility index (Phi) is 11.6. The van der Waals surface area contributed by atoms with Gasteiger partial charge in [0.2, 0.25) is 0 Å². The molecule has 0 aromatic heterocycles. The summed E-state index contributed by atoms with van der Waals surface area (Å²) in [5.41, 5.74) is 2.69. The molecule has 2 aliphatic carbocycles. The lowest BCUT2D eigenvalue weighted by Gasteiger charge is -2.44. The summed E-state index contributed by atoms with van der Waals surface area (Å²) in [6, 6.07) is 0. The van der Waals surface area contributed by atoms with E-state index in [4.69, 9.17) is 23.8 Å². The smallest absolute Gasteiger partial charge is 0.407 e. The third kappa shape index (κ3) is 9.39. The number of allylic oxidation sites excluding steroid dienone is 3. The first kappa shape index (κ1) is 33.3. The fourth-order valence-corrected chi connectivity index (χ4v) is 7.27. The maximum atomic E-state index is 12.7. The van der Waals surface area contributed by atoms with Gasteiger partial charge in [-0.25, -0.2) is 10.3 Å². The molecule has 0 aromatic rings. The number of rotatable bonds is 11. The monoisotopic (exact) mass is 594 g/mol. The molecule has 2 amide bonds. The SMILES string of the molecule is C[C@H]1C=C2C=C[C@H](C)[C@H](CC[C@@H]3C[C@@H](O[Si](C)(C)C(C)(C)C)CC(=O)O3)[C@H]2[C@@H](OC(=O)NCCOCC(=O)NO)C1. The van der Waals surface area contributed by atoms with Gasteiger partial charge in [0.1, 0.15) is 18.8 Å². The van der Waals surface area contributed by atoms with E-state index in [0.29, 0.717) is 12.8 Å². The van der Waals surface area contributed by atoms with Crippen LogP contribution in [0.4, 0.5) is 4.79 Å². The van der Waals surface area contributed by atoms with E-state index >= 15 is 0 Å². The van der Waals surface area contributed by atoms with Crippen LogP contribution in [0.25, 0.3) is 0 Å². The second kappa shape index (κ2) is 14.3. The molecule has 3 aliphatic rings. The number of carbonyl (C=O) groups is 3. The molecule has 232 valence electrons. The summed E-state index contributed by atoms with van der Waals surface area (Å²) in [4.78, 5) is 36.3. The van der Waals surface area contributed by atoms with Gasteiger partial charge < -0.3 is 24.0 Å². The average Bonchev–Trinajstić information content (AvgIpc) is 2.86. The second-order valence-electron chi connectivity index (χ2n) is 13.4. The van der Waals surface area contributed by atoms with Crippen LogP contribution in [-0.2, 0) is 28.2 Å². The van der Waals surface area contributed by atoms with Crippen molar-refractivity contribution in [1.29, 1.82) is 0 Å². The Hall–Kier alpha value is -2.21. The zero-order valence-electron chi connectivity index (χ0n) is 25.7. The molecule has 41 heavy (non-hydrogen) atoms. The summed E-state index contributed by atoms with van der Waals surface area (Å²) in [5, 5.41) is 11.3. The number of carbonyl (C=O) groups excluding carboxylic acids is 3. The molecule has 0 radical (unpaired) electrons. The minimum atomic E-state index is -2.01. The zero-order valence-corrected chi connectivity index (χ0v) is 26.7. The molecule has 0 bridgehead atoms. The number of fused-ring (bicyclic) bond motifs is 1. The molecular formula is C30H50N2O8Si. The van der Waals surface area contributed by atoms with Gasteiger partial charge in [0.25, 0.3) is 5.91 Å². The predicted octanol–water partition coefficient (Wildman–Crippen LogP) is 4.88. The molecule has 1 saturated heterocycles. The quantitative estimate of drug-likeness (QED) is 0.101. The van der Waals surface area contributed by atoms with Gasteiger partial charge in [0.05, 0.1) is 19.1 Å². The predicted molar refractivity (Wildman–Crippen MR) is 157 cm³/mol. The van der Waals surface area contributed by atoms with Crippen LogP contribution in [-0.4, -0.2) is 69.6 Å². The highest BCUT2D eigenvalue weighted by Gasteiger charge is 2.44. The summed E-state index contributed by atoms with van der Waals surface area (Å²) >= 11 is 0. The van der Waals surface area contributed by atoms with Crippen LogP contribution in [0.2, 0.25) is 18.1 Å². The minimum Gasteiger partial charge on any atom is -0.462 e. The lowest BCUT2D eigenvalue weighted by atomic mass is 9.65. The number of nitrogens with one attached hydrogen (secondary N) is 2. The van der Waals surface area contributed by atoms with E-state index in [1.54, 1.807) is 0 Å². The van der Waals surface area contributed by atoms with Gasteiger partial charge in [-0.3, -0.25) is 14.8 Å². The van der Waals surface area contributed by atoms with Crippen LogP contribution in [0.3, 0.4) is 0 Å². The number of hydrogen-bond acceptors (Lipinski definition) is 8. The maximum Gasteiger partial charge on any atom is 0.407 e. The van der Waals surface area contributed by atoms with E-state index < -0.39 is 20.3 Å². The fraction of sp³-hybridized carbons (Fsp3) is 0.767. The second-order valence-corrected chi connectivity index (χ2v) is 18.1. The Labute approximate surface area is 245 Å². The number of alkyl carbamates (subject to hydrolysis) is 1. The lowest BCUT2D eigenvalue weighted by Crippen LogP contribution is -2.47. The summed E-state index contributed by atoms with van der Waals surface area (Å²) < 4.78 is 23.5.